The maximum Gasteiger partial charge on any atom is 0.274 e. The Hall–Kier alpha value is -3.00. The zero-order chi connectivity index (χ0) is 24.3. The summed E-state index contributed by atoms with van der Waals surface area (Å²) in [4.78, 5) is 35.2. The summed E-state index contributed by atoms with van der Waals surface area (Å²) < 4.78 is 7.68. The largest absolute Gasteiger partial charge is 0.359 e. The Morgan fingerprint density at radius 1 is 1.23 bits per heavy atom. The molecule has 0 bridgehead atoms. The molecule has 3 aliphatic rings. The van der Waals surface area contributed by atoms with Crippen molar-refractivity contribution in [1.82, 2.24) is 24.9 Å². The molecule has 2 fully saturated rings. The van der Waals surface area contributed by atoms with E-state index >= 15 is 0 Å². The van der Waals surface area contributed by atoms with E-state index in [1.807, 2.05) is 18.2 Å². The van der Waals surface area contributed by atoms with Crippen molar-refractivity contribution in [1.29, 1.82) is 0 Å². The predicted octanol–water partition coefficient (Wildman–Crippen LogP) is 4.23. The number of fused-ring (bicyclic) bond motifs is 1. The second kappa shape index (κ2) is 9.93. The molecule has 2 aromatic rings. The summed E-state index contributed by atoms with van der Waals surface area (Å²) in [7, 11) is 0. The summed E-state index contributed by atoms with van der Waals surface area (Å²) in [6.07, 6.45) is 18.6. The summed E-state index contributed by atoms with van der Waals surface area (Å²) in [5, 5.41) is 6.27. The minimum atomic E-state index is -0.866. The fraction of sp³-hybridized carbons (Fsp3) is 0.556. The maximum atomic E-state index is 13.4. The van der Waals surface area contributed by atoms with E-state index < -0.39 is 5.60 Å². The molecule has 0 aliphatic heterocycles. The highest BCUT2D eigenvalue weighted by Crippen LogP contribution is 2.49. The standard InChI is InChI=1S/C27H35N5O3/c1-2-3-12-26(15-16-26)19-28-24(34)27(13-8-5-9-14-27)35-18-21-17-22(33)32-25(29-21)30-23(31-32)20-10-6-4-7-11-20/h2,4,6,10,17H,1,3,5,7-9,11-16,18-19H2,(H,28,34)(H,29,30,31). The van der Waals surface area contributed by atoms with Gasteiger partial charge in [0.05, 0.1) is 12.3 Å². The molecule has 5 rings (SSSR count). The van der Waals surface area contributed by atoms with E-state index in [1.165, 1.54) is 10.6 Å². The van der Waals surface area contributed by atoms with E-state index in [4.69, 9.17) is 4.74 Å². The van der Waals surface area contributed by atoms with Gasteiger partial charge in [-0.3, -0.25) is 14.7 Å². The van der Waals surface area contributed by atoms with Crippen molar-refractivity contribution in [3.63, 3.8) is 0 Å². The average molecular weight is 478 g/mol. The van der Waals surface area contributed by atoms with Gasteiger partial charge in [-0.25, -0.2) is 4.98 Å². The number of carbonyl (C=O) groups is 1. The molecule has 0 unspecified atom stereocenters. The van der Waals surface area contributed by atoms with Crippen molar-refractivity contribution in [3.8, 4) is 0 Å². The quantitative estimate of drug-likeness (QED) is 0.499. The lowest BCUT2D eigenvalue weighted by atomic mass is 9.83. The van der Waals surface area contributed by atoms with Gasteiger partial charge < -0.3 is 10.1 Å². The Kier molecular flexibility index (Phi) is 6.73. The zero-order valence-corrected chi connectivity index (χ0v) is 20.4. The van der Waals surface area contributed by atoms with Gasteiger partial charge in [-0.1, -0.05) is 43.6 Å². The molecule has 1 amide bonds. The van der Waals surface area contributed by atoms with Crippen LogP contribution in [0.25, 0.3) is 11.4 Å². The number of nitrogens with zero attached hydrogens (tertiary/aromatic N) is 3. The third-order valence-corrected chi connectivity index (χ3v) is 7.73. The molecule has 3 aliphatic carbocycles. The number of aromatic amines is 1. The molecule has 0 aromatic carbocycles. The number of H-pyrrole nitrogens is 1. The fourth-order valence-corrected chi connectivity index (χ4v) is 5.25. The van der Waals surface area contributed by atoms with Crippen LogP contribution < -0.4 is 10.9 Å². The molecule has 8 nitrogen and oxygen atoms in total. The molecule has 2 heterocycles. The molecular formula is C27H35N5O3. The number of amides is 1. The van der Waals surface area contributed by atoms with Crippen LogP contribution in [0.3, 0.4) is 0 Å². The predicted molar refractivity (Wildman–Crippen MR) is 135 cm³/mol. The third kappa shape index (κ3) is 5.17. The number of hydrogen-bond donors (Lipinski definition) is 2. The van der Waals surface area contributed by atoms with Gasteiger partial charge in [0, 0.05) is 12.6 Å². The van der Waals surface area contributed by atoms with E-state index in [-0.39, 0.29) is 23.5 Å². The minimum absolute atomic E-state index is 0.0285. The number of rotatable bonds is 10. The highest BCUT2D eigenvalue weighted by molar-refractivity contribution is 5.85. The van der Waals surface area contributed by atoms with E-state index in [2.05, 4.69) is 33.0 Å². The molecule has 2 N–H and O–H groups in total. The van der Waals surface area contributed by atoms with Crippen LogP contribution in [-0.2, 0) is 16.1 Å². The van der Waals surface area contributed by atoms with Crippen molar-refractivity contribution < 1.29 is 9.53 Å². The molecular weight excluding hydrogens is 442 g/mol. The summed E-state index contributed by atoms with van der Waals surface area (Å²) in [5.74, 6) is 0.950. The Morgan fingerprint density at radius 2 is 2.06 bits per heavy atom. The zero-order valence-electron chi connectivity index (χ0n) is 20.4. The number of aromatic nitrogens is 4. The second-order valence-electron chi connectivity index (χ2n) is 10.3. The van der Waals surface area contributed by atoms with Crippen LogP contribution in [0.15, 0.2) is 41.7 Å². The number of carbonyl (C=O) groups excluding carboxylic acids is 1. The van der Waals surface area contributed by atoms with E-state index in [1.54, 1.807) is 0 Å². The van der Waals surface area contributed by atoms with Gasteiger partial charge in [-0.15, -0.1) is 6.58 Å². The molecule has 0 atom stereocenters. The Morgan fingerprint density at radius 3 is 2.77 bits per heavy atom. The fourth-order valence-electron chi connectivity index (χ4n) is 5.25. The van der Waals surface area contributed by atoms with Gasteiger partial charge in [-0.05, 0) is 62.4 Å². The SMILES string of the molecule is C=CCCC1(CNC(=O)C2(OCc3cc(=O)n4[nH]c(C5=CC=CCC5)nc4n3)CCCCC2)CC1. The Bertz CT molecular complexity index is 1210. The van der Waals surface area contributed by atoms with Gasteiger partial charge in [0.2, 0.25) is 0 Å². The number of nitrogens with one attached hydrogen (secondary N) is 2. The first-order valence-corrected chi connectivity index (χ1v) is 12.9. The molecule has 8 heteroatoms. The monoisotopic (exact) mass is 477 g/mol. The van der Waals surface area contributed by atoms with Crippen LogP contribution in [0.4, 0.5) is 0 Å². The smallest absolute Gasteiger partial charge is 0.274 e. The van der Waals surface area contributed by atoms with Crippen molar-refractivity contribution in [2.45, 2.75) is 82.8 Å². The molecule has 0 radical (unpaired) electrons. The third-order valence-electron chi connectivity index (χ3n) is 7.73. The maximum absolute atomic E-state index is 13.4. The number of ether oxygens (including phenoxy) is 1. The highest BCUT2D eigenvalue weighted by atomic mass is 16.5. The first-order chi connectivity index (χ1) is 17.0. The molecule has 0 spiro atoms. The van der Waals surface area contributed by atoms with Crippen LogP contribution in [0.1, 0.15) is 82.1 Å². The first kappa shape index (κ1) is 23.7. The van der Waals surface area contributed by atoms with Crippen molar-refractivity contribution in [3.05, 3.63) is 58.8 Å². The van der Waals surface area contributed by atoms with Gasteiger partial charge >= 0.3 is 0 Å². The molecule has 0 saturated heterocycles. The van der Waals surface area contributed by atoms with Gasteiger partial charge in [0.25, 0.3) is 17.2 Å². The Balaban J connectivity index is 1.29. The van der Waals surface area contributed by atoms with E-state index in [0.29, 0.717) is 36.7 Å². The Labute approximate surface area is 205 Å². The first-order valence-electron chi connectivity index (χ1n) is 12.9. The van der Waals surface area contributed by atoms with Crippen LogP contribution in [0.5, 0.6) is 0 Å². The van der Waals surface area contributed by atoms with Crippen molar-refractivity contribution >= 4 is 17.3 Å². The molecule has 2 saturated carbocycles. The van der Waals surface area contributed by atoms with Crippen LogP contribution in [0.2, 0.25) is 0 Å². The van der Waals surface area contributed by atoms with Gasteiger partial charge in [-0.2, -0.15) is 9.50 Å². The molecule has 186 valence electrons. The molecule has 35 heavy (non-hydrogen) atoms. The topological polar surface area (TPSA) is 101 Å². The van der Waals surface area contributed by atoms with Crippen LogP contribution in [0, 0.1) is 5.41 Å². The summed E-state index contributed by atoms with van der Waals surface area (Å²) in [5.41, 5.74) is 0.666. The minimum Gasteiger partial charge on any atom is -0.359 e. The average Bonchev–Trinajstić information content (AvgIpc) is 3.53. The van der Waals surface area contributed by atoms with Gasteiger partial charge in [0.1, 0.15) is 5.60 Å². The lowest BCUT2D eigenvalue weighted by Gasteiger charge is -2.36. The lowest BCUT2D eigenvalue weighted by Crippen LogP contribution is -2.51. The van der Waals surface area contributed by atoms with Gasteiger partial charge in [0.15, 0.2) is 5.82 Å². The second-order valence-corrected chi connectivity index (χ2v) is 10.3. The summed E-state index contributed by atoms with van der Waals surface area (Å²) in [6.45, 7) is 4.62. The van der Waals surface area contributed by atoms with Crippen molar-refractivity contribution in [2.24, 2.45) is 5.41 Å². The van der Waals surface area contributed by atoms with Crippen molar-refractivity contribution in [2.75, 3.05) is 6.54 Å². The number of allylic oxidation sites excluding steroid dienone is 5. The van der Waals surface area contributed by atoms with E-state index in [9.17, 15) is 9.59 Å². The number of hydrogen-bond acceptors (Lipinski definition) is 5. The van der Waals surface area contributed by atoms with Crippen LogP contribution in [-0.4, -0.2) is 37.6 Å². The van der Waals surface area contributed by atoms with E-state index in [0.717, 1.165) is 63.4 Å². The lowest BCUT2D eigenvalue weighted by molar-refractivity contribution is -0.155. The van der Waals surface area contributed by atoms with Crippen LogP contribution >= 0.6 is 0 Å². The summed E-state index contributed by atoms with van der Waals surface area (Å²) >= 11 is 0. The normalized spacial score (nSPS) is 20.4. The summed E-state index contributed by atoms with van der Waals surface area (Å²) in [6, 6.07) is 1.47. The molecule has 2 aromatic heterocycles. The highest BCUT2D eigenvalue weighted by Gasteiger charge is 2.45.